The van der Waals surface area contributed by atoms with Crippen molar-refractivity contribution in [1.29, 1.82) is 0 Å². The van der Waals surface area contributed by atoms with Gasteiger partial charge in [-0.25, -0.2) is 4.98 Å². The fourth-order valence-corrected chi connectivity index (χ4v) is 2.11. The van der Waals surface area contributed by atoms with Crippen LogP contribution in [-0.2, 0) is 0 Å². The van der Waals surface area contributed by atoms with Gasteiger partial charge in [0.15, 0.2) is 0 Å². The molecule has 0 unspecified atom stereocenters. The molecule has 3 nitrogen and oxygen atoms in total. The van der Waals surface area contributed by atoms with E-state index in [1.165, 1.54) is 12.3 Å². The first kappa shape index (κ1) is 14.8. The molecule has 0 spiro atoms. The molecule has 0 amide bonds. The molecule has 0 aliphatic heterocycles. The van der Waals surface area contributed by atoms with Gasteiger partial charge in [0.2, 0.25) is 5.78 Å². The Morgan fingerprint density at radius 2 is 1.95 bits per heavy atom. The van der Waals surface area contributed by atoms with Crippen LogP contribution < -0.4 is 4.74 Å². The Balaban J connectivity index is 2.20. The molecule has 104 valence electrons. The van der Waals surface area contributed by atoms with Gasteiger partial charge in [0.1, 0.15) is 11.4 Å². The topological polar surface area (TPSA) is 39.2 Å². The van der Waals surface area contributed by atoms with E-state index in [1.807, 2.05) is 6.92 Å². The monoisotopic (exact) mass is 309 g/mol. The number of hydrogen-bond acceptors (Lipinski definition) is 3. The number of aromatic nitrogens is 1. The van der Waals surface area contributed by atoms with E-state index >= 15 is 0 Å². The molecule has 1 aromatic carbocycles. The molecule has 2 aromatic rings. The molecule has 20 heavy (non-hydrogen) atoms. The van der Waals surface area contributed by atoms with E-state index in [-0.39, 0.29) is 16.5 Å². The number of nitrogens with zero attached hydrogens (tertiary/aromatic N) is 1. The summed E-state index contributed by atoms with van der Waals surface area (Å²) >= 11 is 11.7. The minimum atomic E-state index is -0.242. The van der Waals surface area contributed by atoms with E-state index in [1.54, 1.807) is 24.3 Å². The third-order valence-electron chi connectivity index (χ3n) is 2.61. The smallest absolute Gasteiger partial charge is 0.212 e. The molecule has 0 bridgehead atoms. The fraction of sp³-hybridized carbons (Fsp3) is 0.200. The van der Waals surface area contributed by atoms with Crippen LogP contribution in [0.15, 0.2) is 36.5 Å². The van der Waals surface area contributed by atoms with Gasteiger partial charge in [0, 0.05) is 11.8 Å². The standard InChI is InChI=1S/C15H13Cl2NO2/c1-2-7-20-12-5-3-10(4-6-12)15(19)14-13(17)8-11(16)9-18-14/h3-6,8-9H,2,7H2,1H3. The molecule has 0 saturated carbocycles. The zero-order chi connectivity index (χ0) is 14.5. The molecule has 5 heteroatoms. The van der Waals surface area contributed by atoms with Crippen LogP contribution in [0.5, 0.6) is 5.75 Å². The molecule has 0 N–H and O–H groups in total. The van der Waals surface area contributed by atoms with Crippen molar-refractivity contribution < 1.29 is 9.53 Å². The number of ketones is 1. The Morgan fingerprint density at radius 1 is 1.25 bits per heavy atom. The van der Waals surface area contributed by atoms with Crippen molar-refractivity contribution in [1.82, 2.24) is 4.98 Å². The van der Waals surface area contributed by atoms with Gasteiger partial charge in [-0.3, -0.25) is 4.79 Å². The molecule has 0 aliphatic rings. The van der Waals surface area contributed by atoms with E-state index in [2.05, 4.69) is 4.98 Å². The minimum absolute atomic E-state index is 0.193. The first-order valence-corrected chi connectivity index (χ1v) is 6.96. The van der Waals surface area contributed by atoms with Crippen molar-refractivity contribution >= 4 is 29.0 Å². The van der Waals surface area contributed by atoms with Crippen molar-refractivity contribution in [2.24, 2.45) is 0 Å². The Kier molecular flexibility index (Phi) is 4.99. The summed E-state index contributed by atoms with van der Waals surface area (Å²) in [5.41, 5.74) is 0.698. The Labute approximate surface area is 127 Å². The van der Waals surface area contributed by atoms with Gasteiger partial charge >= 0.3 is 0 Å². The molecule has 0 saturated heterocycles. The fourth-order valence-electron chi connectivity index (χ4n) is 1.64. The van der Waals surface area contributed by atoms with Gasteiger partial charge < -0.3 is 4.74 Å². The van der Waals surface area contributed by atoms with Crippen molar-refractivity contribution in [2.45, 2.75) is 13.3 Å². The first-order valence-electron chi connectivity index (χ1n) is 6.20. The molecule has 2 rings (SSSR count). The summed E-state index contributed by atoms with van der Waals surface area (Å²) in [4.78, 5) is 16.3. The summed E-state index contributed by atoms with van der Waals surface area (Å²) in [5, 5.41) is 0.642. The molecule has 0 radical (unpaired) electrons. The van der Waals surface area contributed by atoms with Gasteiger partial charge in [-0.05, 0) is 36.8 Å². The number of carbonyl (C=O) groups excluding carboxylic acids is 1. The molecular weight excluding hydrogens is 297 g/mol. The Morgan fingerprint density at radius 3 is 2.55 bits per heavy atom. The molecule has 0 fully saturated rings. The van der Waals surface area contributed by atoms with Gasteiger partial charge in [0.05, 0.1) is 16.7 Å². The van der Waals surface area contributed by atoms with Gasteiger partial charge in [-0.1, -0.05) is 30.1 Å². The summed E-state index contributed by atoms with van der Waals surface area (Å²) in [6.45, 7) is 2.68. The van der Waals surface area contributed by atoms with E-state index in [0.29, 0.717) is 17.2 Å². The number of rotatable bonds is 5. The number of ether oxygens (including phenoxy) is 1. The van der Waals surface area contributed by atoms with E-state index in [4.69, 9.17) is 27.9 Å². The lowest BCUT2D eigenvalue weighted by atomic mass is 10.1. The second-order valence-electron chi connectivity index (χ2n) is 4.19. The minimum Gasteiger partial charge on any atom is -0.494 e. The molecular formula is C15H13Cl2NO2. The summed E-state index contributed by atoms with van der Waals surface area (Å²) in [5.74, 6) is 0.493. The second-order valence-corrected chi connectivity index (χ2v) is 5.03. The molecule has 0 aliphatic carbocycles. The number of pyridine rings is 1. The highest BCUT2D eigenvalue weighted by Gasteiger charge is 2.14. The number of hydrogen-bond donors (Lipinski definition) is 0. The van der Waals surface area contributed by atoms with Crippen molar-refractivity contribution in [3.8, 4) is 5.75 Å². The summed E-state index contributed by atoms with van der Waals surface area (Å²) < 4.78 is 5.46. The SMILES string of the molecule is CCCOc1ccc(C(=O)c2ncc(Cl)cc2Cl)cc1. The zero-order valence-electron chi connectivity index (χ0n) is 10.9. The maximum absolute atomic E-state index is 12.3. The highest BCUT2D eigenvalue weighted by molar-refractivity contribution is 6.37. The van der Waals surface area contributed by atoms with Gasteiger partial charge in [-0.2, -0.15) is 0 Å². The van der Waals surface area contributed by atoms with Crippen LogP contribution in [0.1, 0.15) is 29.4 Å². The highest BCUT2D eigenvalue weighted by atomic mass is 35.5. The molecule has 1 heterocycles. The highest BCUT2D eigenvalue weighted by Crippen LogP contribution is 2.22. The van der Waals surface area contributed by atoms with Crippen molar-refractivity contribution in [2.75, 3.05) is 6.61 Å². The summed E-state index contributed by atoms with van der Waals surface area (Å²) in [6.07, 6.45) is 2.34. The average molecular weight is 310 g/mol. The van der Waals surface area contributed by atoms with Gasteiger partial charge in [-0.15, -0.1) is 0 Å². The van der Waals surface area contributed by atoms with E-state index in [9.17, 15) is 4.79 Å². The lowest BCUT2D eigenvalue weighted by molar-refractivity contribution is 0.103. The van der Waals surface area contributed by atoms with Crippen LogP contribution in [0, 0.1) is 0 Å². The third kappa shape index (κ3) is 3.50. The average Bonchev–Trinajstić information content (AvgIpc) is 2.45. The normalized spacial score (nSPS) is 10.3. The molecule has 1 aromatic heterocycles. The molecule has 0 atom stereocenters. The quantitative estimate of drug-likeness (QED) is 0.768. The van der Waals surface area contributed by atoms with Crippen LogP contribution in [0.25, 0.3) is 0 Å². The predicted octanol–water partition coefficient (Wildman–Crippen LogP) is 4.41. The van der Waals surface area contributed by atoms with Crippen LogP contribution in [0.3, 0.4) is 0 Å². The number of carbonyl (C=O) groups is 1. The first-order chi connectivity index (χ1) is 9.61. The summed E-state index contributed by atoms with van der Waals surface area (Å²) in [6, 6.07) is 8.40. The van der Waals surface area contributed by atoms with Gasteiger partial charge in [0.25, 0.3) is 0 Å². The maximum atomic E-state index is 12.3. The number of halogens is 2. The number of benzene rings is 1. The van der Waals surface area contributed by atoms with Crippen molar-refractivity contribution in [3.63, 3.8) is 0 Å². The van der Waals surface area contributed by atoms with Crippen LogP contribution >= 0.6 is 23.2 Å². The van der Waals surface area contributed by atoms with E-state index < -0.39 is 0 Å². The lowest BCUT2D eigenvalue weighted by Crippen LogP contribution is -2.05. The van der Waals surface area contributed by atoms with Crippen molar-refractivity contribution in [3.05, 3.63) is 57.8 Å². The second kappa shape index (κ2) is 6.73. The maximum Gasteiger partial charge on any atom is 0.212 e. The van der Waals surface area contributed by atoms with Crippen LogP contribution in [0.2, 0.25) is 10.0 Å². The third-order valence-corrected chi connectivity index (χ3v) is 3.11. The predicted molar refractivity (Wildman–Crippen MR) is 79.9 cm³/mol. The summed E-state index contributed by atoms with van der Waals surface area (Å²) in [7, 11) is 0. The zero-order valence-corrected chi connectivity index (χ0v) is 12.4. The Hall–Kier alpha value is -1.58. The van der Waals surface area contributed by atoms with Crippen LogP contribution in [-0.4, -0.2) is 17.4 Å². The Bertz CT molecular complexity index is 612. The van der Waals surface area contributed by atoms with Crippen LogP contribution in [0.4, 0.5) is 0 Å². The lowest BCUT2D eigenvalue weighted by Gasteiger charge is -2.06. The largest absolute Gasteiger partial charge is 0.494 e. The van der Waals surface area contributed by atoms with E-state index in [0.717, 1.165) is 12.2 Å².